The summed E-state index contributed by atoms with van der Waals surface area (Å²) in [5.74, 6) is 0.398. The summed E-state index contributed by atoms with van der Waals surface area (Å²) in [5.41, 5.74) is 1.33. The van der Waals surface area contributed by atoms with Crippen molar-refractivity contribution in [2.24, 2.45) is 46.3 Å². The zero-order chi connectivity index (χ0) is 35.1. The van der Waals surface area contributed by atoms with Crippen molar-refractivity contribution in [3.8, 4) is 0 Å². The molecule has 3 saturated carbocycles. The van der Waals surface area contributed by atoms with Crippen LogP contribution in [0.5, 0.6) is 0 Å². The van der Waals surface area contributed by atoms with E-state index in [4.69, 9.17) is 18.9 Å². The van der Waals surface area contributed by atoms with Crippen LogP contribution in [0, 0.1) is 46.3 Å². The number of fused-ring (bicyclic) bond motifs is 5. The van der Waals surface area contributed by atoms with Crippen LogP contribution in [-0.2, 0) is 33.3 Å². The molecule has 0 amide bonds. The maximum absolute atomic E-state index is 13.9. The zero-order valence-corrected chi connectivity index (χ0v) is 29.5. The quantitative estimate of drug-likeness (QED) is 0.187. The van der Waals surface area contributed by atoms with Gasteiger partial charge in [-0.1, -0.05) is 39.3 Å². The first kappa shape index (κ1) is 37.4. The van der Waals surface area contributed by atoms with E-state index in [0.717, 1.165) is 44.9 Å². The molecule has 4 fully saturated rings. The third kappa shape index (κ3) is 7.15. The van der Waals surface area contributed by atoms with Crippen molar-refractivity contribution < 1.29 is 53.8 Å². The highest BCUT2D eigenvalue weighted by molar-refractivity contribution is 5.81. The van der Waals surface area contributed by atoms with Crippen LogP contribution in [0.3, 0.4) is 0 Å². The van der Waals surface area contributed by atoms with Crippen molar-refractivity contribution in [3.05, 3.63) is 11.6 Å². The Morgan fingerprint density at radius 3 is 2.35 bits per heavy atom. The van der Waals surface area contributed by atoms with E-state index in [1.165, 1.54) is 19.4 Å². The SMILES string of the molecule is CC(=O)O[C@H]1CC[C@@]2(C)C(=CC[C@H]3[C@@H]4C[C@H](OC(C)=O)[C@H]([C@H](C)C(=O)CC[C@@H](C)CO[C@@H]5O[C@H](CO)[C@@H](O)[C@H](O)[C@H]5O)[C@@]4(C)CC[C@@H]32)C1. The molecule has 0 bridgehead atoms. The highest BCUT2D eigenvalue weighted by Crippen LogP contribution is 2.67. The average Bonchev–Trinajstić information content (AvgIpc) is 3.32. The number of aliphatic hydroxyl groups is 4. The minimum atomic E-state index is -1.51. The van der Waals surface area contributed by atoms with Crippen LogP contribution in [0.1, 0.15) is 99.3 Å². The summed E-state index contributed by atoms with van der Waals surface area (Å²) in [6.07, 6.45) is 2.63. The van der Waals surface area contributed by atoms with Gasteiger partial charge in [0.1, 0.15) is 42.4 Å². The lowest BCUT2D eigenvalue weighted by atomic mass is 9.47. The minimum absolute atomic E-state index is 0.0506. The van der Waals surface area contributed by atoms with Gasteiger partial charge in [-0.2, -0.15) is 0 Å². The van der Waals surface area contributed by atoms with Gasteiger partial charge in [-0.15, -0.1) is 0 Å². The number of ether oxygens (including phenoxy) is 4. The van der Waals surface area contributed by atoms with Crippen molar-refractivity contribution in [1.82, 2.24) is 0 Å². The first-order chi connectivity index (χ1) is 22.6. The Hall–Kier alpha value is -1.89. The molecule has 0 radical (unpaired) electrons. The van der Waals surface area contributed by atoms with Gasteiger partial charge in [-0.05, 0) is 79.4 Å². The molecular formula is C37H58O11. The number of hydrogen-bond acceptors (Lipinski definition) is 11. The van der Waals surface area contributed by atoms with E-state index in [9.17, 15) is 34.8 Å². The average molecular weight is 679 g/mol. The van der Waals surface area contributed by atoms with E-state index in [2.05, 4.69) is 19.9 Å². The Kier molecular flexibility index (Phi) is 11.5. The second-order valence-electron chi connectivity index (χ2n) is 16.1. The molecule has 11 nitrogen and oxygen atoms in total. The molecule has 11 heteroatoms. The fourth-order valence-corrected chi connectivity index (χ4v) is 10.6. The van der Waals surface area contributed by atoms with Crippen molar-refractivity contribution in [2.45, 2.75) is 142 Å². The fourth-order valence-electron chi connectivity index (χ4n) is 10.6. The van der Waals surface area contributed by atoms with Gasteiger partial charge in [0, 0.05) is 38.5 Å². The number of allylic oxidation sites excluding steroid dienone is 1. The third-order valence-corrected chi connectivity index (χ3v) is 13.1. The highest BCUT2D eigenvalue weighted by Gasteiger charge is 2.63. The predicted octanol–water partition coefficient (Wildman–Crippen LogP) is 3.48. The van der Waals surface area contributed by atoms with E-state index >= 15 is 0 Å². The van der Waals surface area contributed by atoms with Gasteiger partial charge in [0.05, 0.1) is 13.2 Å². The lowest BCUT2D eigenvalue weighted by Gasteiger charge is -2.58. The van der Waals surface area contributed by atoms with Crippen LogP contribution in [0.2, 0.25) is 0 Å². The Morgan fingerprint density at radius 2 is 1.69 bits per heavy atom. The van der Waals surface area contributed by atoms with Gasteiger partial charge in [-0.3, -0.25) is 14.4 Å². The van der Waals surface area contributed by atoms with Crippen LogP contribution < -0.4 is 0 Å². The standard InChI is InChI=1S/C37H58O11/c1-19(18-45-35-34(44)33(43)32(42)30(17-38)48-35)7-10-28(41)20(2)31-29(47-22(4)40)16-27-25-9-8-23-15-24(46-21(3)39)11-13-36(23,5)26(25)12-14-37(27,31)6/h8,19-20,24-27,29-35,38,42-44H,7,9-18H2,1-6H3/t19-,20-,24+,25-,26+,27+,29+,30-,31+,32-,33+,34-,35-,36+,37+/m1/s1. The zero-order valence-electron chi connectivity index (χ0n) is 29.5. The van der Waals surface area contributed by atoms with Gasteiger partial charge in [0.25, 0.3) is 0 Å². The van der Waals surface area contributed by atoms with E-state index in [1.54, 1.807) is 0 Å². The first-order valence-corrected chi connectivity index (χ1v) is 18.1. The molecule has 1 aliphatic heterocycles. The number of aliphatic hydroxyl groups excluding tert-OH is 4. The van der Waals surface area contributed by atoms with Crippen LogP contribution in [0.25, 0.3) is 0 Å². The number of esters is 2. The number of Topliss-reactive ketones (excluding diaryl/α,β-unsaturated/α-hetero) is 1. The third-order valence-electron chi connectivity index (χ3n) is 13.1. The topological polar surface area (TPSA) is 169 Å². The van der Waals surface area contributed by atoms with Gasteiger partial charge < -0.3 is 39.4 Å². The maximum atomic E-state index is 13.9. The van der Waals surface area contributed by atoms with E-state index < -0.39 is 37.3 Å². The molecule has 4 N–H and O–H groups in total. The monoisotopic (exact) mass is 678 g/mol. The predicted molar refractivity (Wildman–Crippen MR) is 174 cm³/mol. The van der Waals surface area contributed by atoms with E-state index in [1.807, 2.05) is 13.8 Å². The second kappa shape index (κ2) is 14.8. The molecular weight excluding hydrogens is 620 g/mol. The Morgan fingerprint density at radius 1 is 0.979 bits per heavy atom. The molecule has 0 spiro atoms. The molecule has 0 aromatic rings. The number of ketones is 1. The molecule has 15 atom stereocenters. The van der Waals surface area contributed by atoms with Gasteiger partial charge >= 0.3 is 11.9 Å². The summed E-state index contributed by atoms with van der Waals surface area (Å²) in [4.78, 5) is 37.9. The summed E-state index contributed by atoms with van der Waals surface area (Å²) >= 11 is 0. The normalized spacial score (nSPS) is 43.5. The number of rotatable bonds is 11. The van der Waals surface area contributed by atoms with Crippen LogP contribution in [0.4, 0.5) is 0 Å². The summed E-state index contributed by atoms with van der Waals surface area (Å²) in [6.45, 7) is 11.2. The number of carbonyl (C=O) groups excluding carboxylic acids is 3. The Balaban J connectivity index is 1.23. The molecule has 272 valence electrons. The summed E-state index contributed by atoms with van der Waals surface area (Å²) in [6, 6.07) is 0. The maximum Gasteiger partial charge on any atom is 0.302 e. The van der Waals surface area contributed by atoms with E-state index in [0.29, 0.717) is 30.6 Å². The Labute approximate surface area is 284 Å². The molecule has 5 rings (SSSR count). The summed E-state index contributed by atoms with van der Waals surface area (Å²) < 4.78 is 22.8. The van der Waals surface area contributed by atoms with Crippen LogP contribution in [-0.4, -0.2) is 94.3 Å². The van der Waals surface area contributed by atoms with Crippen molar-refractivity contribution >= 4 is 17.7 Å². The minimum Gasteiger partial charge on any atom is -0.462 e. The molecule has 4 aliphatic carbocycles. The summed E-state index contributed by atoms with van der Waals surface area (Å²) in [5, 5.41) is 39.8. The van der Waals surface area contributed by atoms with Crippen LogP contribution >= 0.6 is 0 Å². The molecule has 48 heavy (non-hydrogen) atoms. The lowest BCUT2D eigenvalue weighted by Crippen LogP contribution is -2.59. The molecule has 5 aliphatic rings. The number of carbonyl (C=O) groups is 3. The largest absolute Gasteiger partial charge is 0.462 e. The van der Waals surface area contributed by atoms with Crippen LogP contribution in [0.15, 0.2) is 11.6 Å². The van der Waals surface area contributed by atoms with Gasteiger partial charge in [-0.25, -0.2) is 0 Å². The smallest absolute Gasteiger partial charge is 0.302 e. The van der Waals surface area contributed by atoms with E-state index in [-0.39, 0.29) is 65.1 Å². The number of hydrogen-bond donors (Lipinski definition) is 4. The first-order valence-electron chi connectivity index (χ1n) is 18.1. The van der Waals surface area contributed by atoms with Gasteiger partial charge in [0.15, 0.2) is 6.29 Å². The molecule has 0 aromatic heterocycles. The van der Waals surface area contributed by atoms with Crippen molar-refractivity contribution in [1.29, 1.82) is 0 Å². The second-order valence-corrected chi connectivity index (χ2v) is 16.1. The molecule has 1 saturated heterocycles. The summed E-state index contributed by atoms with van der Waals surface area (Å²) in [7, 11) is 0. The fraction of sp³-hybridized carbons (Fsp3) is 0.865. The molecule has 0 unspecified atom stereocenters. The van der Waals surface area contributed by atoms with Gasteiger partial charge in [0.2, 0.25) is 0 Å². The highest BCUT2D eigenvalue weighted by atomic mass is 16.7. The molecule has 0 aromatic carbocycles. The molecule has 1 heterocycles. The van der Waals surface area contributed by atoms with Crippen molar-refractivity contribution in [3.63, 3.8) is 0 Å². The Bertz CT molecular complexity index is 1220. The van der Waals surface area contributed by atoms with Crippen molar-refractivity contribution in [2.75, 3.05) is 13.2 Å². The lowest BCUT2D eigenvalue weighted by molar-refractivity contribution is -0.303.